The molecule has 3 heteroatoms. The van der Waals surface area contributed by atoms with Crippen LogP contribution in [0.4, 0.5) is 11.4 Å². The highest BCUT2D eigenvalue weighted by atomic mass is 16.3. The lowest BCUT2D eigenvalue weighted by atomic mass is 9.93. The van der Waals surface area contributed by atoms with Gasteiger partial charge in [0, 0.05) is 17.4 Å². The van der Waals surface area contributed by atoms with Gasteiger partial charge in [-0.3, -0.25) is 0 Å². The highest BCUT2D eigenvalue weighted by Gasteiger charge is 2.19. The van der Waals surface area contributed by atoms with Crippen molar-refractivity contribution in [3.63, 3.8) is 0 Å². The molecule has 0 amide bonds. The molecule has 2 rings (SSSR count). The Balaban J connectivity index is 1.98. The monoisotopic (exact) mass is 220 g/mol. The fourth-order valence-electron chi connectivity index (χ4n) is 2.29. The van der Waals surface area contributed by atoms with Crippen molar-refractivity contribution in [2.45, 2.75) is 44.8 Å². The maximum atomic E-state index is 9.44. The van der Waals surface area contributed by atoms with Gasteiger partial charge in [0.05, 0.1) is 6.10 Å². The Hall–Kier alpha value is -1.22. The van der Waals surface area contributed by atoms with Crippen LogP contribution in [-0.2, 0) is 0 Å². The third kappa shape index (κ3) is 2.67. The maximum Gasteiger partial charge on any atom is 0.0541 e. The van der Waals surface area contributed by atoms with Gasteiger partial charge in [0.2, 0.25) is 0 Å². The van der Waals surface area contributed by atoms with Crippen LogP contribution in [0.25, 0.3) is 0 Å². The quantitative estimate of drug-likeness (QED) is 0.670. The van der Waals surface area contributed by atoms with Crippen molar-refractivity contribution in [3.8, 4) is 0 Å². The third-order valence-electron chi connectivity index (χ3n) is 3.31. The van der Waals surface area contributed by atoms with Crippen molar-refractivity contribution in [3.05, 3.63) is 23.8 Å². The molecular weight excluding hydrogens is 200 g/mol. The van der Waals surface area contributed by atoms with Gasteiger partial charge in [-0.1, -0.05) is 0 Å². The number of aliphatic hydroxyl groups excluding tert-OH is 1. The largest absolute Gasteiger partial charge is 0.399 e. The van der Waals surface area contributed by atoms with Gasteiger partial charge in [-0.15, -0.1) is 0 Å². The van der Waals surface area contributed by atoms with Gasteiger partial charge in [-0.2, -0.15) is 0 Å². The van der Waals surface area contributed by atoms with E-state index in [4.69, 9.17) is 5.73 Å². The molecule has 3 nitrogen and oxygen atoms in total. The second kappa shape index (κ2) is 4.74. The summed E-state index contributed by atoms with van der Waals surface area (Å²) >= 11 is 0. The zero-order valence-corrected chi connectivity index (χ0v) is 9.74. The Bertz CT molecular complexity index is 357. The molecule has 1 fully saturated rings. The molecule has 88 valence electrons. The Morgan fingerprint density at radius 3 is 2.56 bits per heavy atom. The van der Waals surface area contributed by atoms with E-state index in [1.54, 1.807) is 0 Å². The highest BCUT2D eigenvalue weighted by Crippen LogP contribution is 2.24. The normalized spacial score (nSPS) is 25.4. The van der Waals surface area contributed by atoms with Gasteiger partial charge in [0.25, 0.3) is 0 Å². The highest BCUT2D eigenvalue weighted by molar-refractivity contribution is 5.57. The predicted molar refractivity (Wildman–Crippen MR) is 67.5 cm³/mol. The van der Waals surface area contributed by atoms with Gasteiger partial charge in [0.15, 0.2) is 0 Å². The summed E-state index contributed by atoms with van der Waals surface area (Å²) in [6.45, 7) is 2.07. The van der Waals surface area contributed by atoms with Crippen LogP contribution in [0.5, 0.6) is 0 Å². The molecule has 1 aliphatic carbocycles. The maximum absolute atomic E-state index is 9.44. The van der Waals surface area contributed by atoms with Crippen LogP contribution in [0.2, 0.25) is 0 Å². The van der Waals surface area contributed by atoms with E-state index < -0.39 is 0 Å². The zero-order chi connectivity index (χ0) is 11.5. The number of nitrogens with one attached hydrogen (secondary N) is 1. The molecule has 0 aromatic heterocycles. The molecule has 0 radical (unpaired) electrons. The SMILES string of the molecule is Cc1cc(N)ccc1NC1CCC(O)CC1. The summed E-state index contributed by atoms with van der Waals surface area (Å²) in [6, 6.07) is 6.44. The second-order valence-electron chi connectivity index (χ2n) is 4.72. The molecule has 1 saturated carbocycles. The van der Waals surface area contributed by atoms with Crippen LogP contribution in [0.15, 0.2) is 18.2 Å². The molecule has 0 heterocycles. The summed E-state index contributed by atoms with van der Waals surface area (Å²) in [5, 5.41) is 13.0. The fourth-order valence-corrected chi connectivity index (χ4v) is 2.29. The van der Waals surface area contributed by atoms with E-state index in [1.807, 2.05) is 18.2 Å². The van der Waals surface area contributed by atoms with E-state index in [1.165, 1.54) is 5.56 Å². The van der Waals surface area contributed by atoms with Crippen LogP contribution < -0.4 is 11.1 Å². The standard InChI is InChI=1S/C13H20N2O/c1-9-8-10(14)2-7-13(9)15-11-3-5-12(16)6-4-11/h2,7-8,11-12,15-16H,3-6,14H2,1H3. The number of rotatable bonds is 2. The van der Waals surface area contributed by atoms with Crippen molar-refractivity contribution < 1.29 is 5.11 Å². The average Bonchev–Trinajstić information content (AvgIpc) is 2.25. The summed E-state index contributed by atoms with van der Waals surface area (Å²) in [5.41, 5.74) is 8.87. The predicted octanol–water partition coefficient (Wildman–Crippen LogP) is 2.29. The molecule has 0 atom stereocenters. The van der Waals surface area contributed by atoms with E-state index in [0.717, 1.165) is 37.1 Å². The van der Waals surface area contributed by atoms with Crippen LogP contribution >= 0.6 is 0 Å². The van der Waals surface area contributed by atoms with Gasteiger partial charge >= 0.3 is 0 Å². The Labute approximate surface area is 96.7 Å². The number of aliphatic hydroxyl groups is 1. The van der Waals surface area contributed by atoms with Crippen LogP contribution in [0.1, 0.15) is 31.2 Å². The van der Waals surface area contributed by atoms with E-state index in [2.05, 4.69) is 12.2 Å². The molecule has 1 aromatic carbocycles. The number of hydrogen-bond donors (Lipinski definition) is 3. The fraction of sp³-hybridized carbons (Fsp3) is 0.538. The first kappa shape index (κ1) is 11.3. The minimum atomic E-state index is -0.0921. The number of nitrogens with two attached hydrogens (primary N) is 1. The number of benzene rings is 1. The molecule has 0 saturated heterocycles. The molecule has 1 aromatic rings. The lowest BCUT2D eigenvalue weighted by Gasteiger charge is -2.27. The molecule has 1 aliphatic rings. The molecule has 0 spiro atoms. The first-order valence-corrected chi connectivity index (χ1v) is 5.96. The first-order valence-electron chi connectivity index (χ1n) is 5.96. The van der Waals surface area contributed by atoms with Crippen LogP contribution in [0.3, 0.4) is 0 Å². The Morgan fingerprint density at radius 2 is 1.94 bits per heavy atom. The lowest BCUT2D eigenvalue weighted by molar-refractivity contribution is 0.126. The first-order chi connectivity index (χ1) is 7.65. The van der Waals surface area contributed by atoms with Gasteiger partial charge in [0.1, 0.15) is 0 Å². The van der Waals surface area contributed by atoms with Crippen molar-refractivity contribution in [2.24, 2.45) is 0 Å². The topological polar surface area (TPSA) is 58.3 Å². The summed E-state index contributed by atoms with van der Waals surface area (Å²) in [5.74, 6) is 0. The van der Waals surface area contributed by atoms with E-state index in [0.29, 0.717) is 6.04 Å². The van der Waals surface area contributed by atoms with Gasteiger partial charge < -0.3 is 16.2 Å². The second-order valence-corrected chi connectivity index (χ2v) is 4.72. The van der Waals surface area contributed by atoms with Crippen molar-refractivity contribution in [1.29, 1.82) is 0 Å². The minimum absolute atomic E-state index is 0.0921. The Kier molecular flexibility index (Phi) is 3.34. The summed E-state index contributed by atoms with van der Waals surface area (Å²) in [4.78, 5) is 0. The van der Waals surface area contributed by atoms with Crippen LogP contribution in [-0.4, -0.2) is 17.3 Å². The molecule has 0 unspecified atom stereocenters. The van der Waals surface area contributed by atoms with Crippen molar-refractivity contribution in [2.75, 3.05) is 11.1 Å². The van der Waals surface area contributed by atoms with Crippen LogP contribution in [0, 0.1) is 6.92 Å². The molecule has 0 bridgehead atoms. The number of hydrogen-bond acceptors (Lipinski definition) is 3. The van der Waals surface area contributed by atoms with Gasteiger partial charge in [-0.25, -0.2) is 0 Å². The Morgan fingerprint density at radius 1 is 1.25 bits per heavy atom. The third-order valence-corrected chi connectivity index (χ3v) is 3.31. The summed E-state index contributed by atoms with van der Waals surface area (Å²) in [6.07, 6.45) is 3.82. The number of anilines is 2. The lowest BCUT2D eigenvalue weighted by Crippen LogP contribution is -2.28. The molecular formula is C13H20N2O. The minimum Gasteiger partial charge on any atom is -0.399 e. The van der Waals surface area contributed by atoms with E-state index in [9.17, 15) is 5.11 Å². The summed E-state index contributed by atoms with van der Waals surface area (Å²) in [7, 11) is 0. The zero-order valence-electron chi connectivity index (χ0n) is 9.74. The van der Waals surface area contributed by atoms with E-state index in [-0.39, 0.29) is 6.10 Å². The number of aryl methyl sites for hydroxylation is 1. The molecule has 0 aliphatic heterocycles. The van der Waals surface area contributed by atoms with Crippen molar-refractivity contribution >= 4 is 11.4 Å². The van der Waals surface area contributed by atoms with Gasteiger partial charge in [-0.05, 0) is 56.4 Å². The average molecular weight is 220 g/mol. The molecule has 16 heavy (non-hydrogen) atoms. The number of nitrogen functional groups attached to an aromatic ring is 1. The summed E-state index contributed by atoms with van der Waals surface area (Å²) < 4.78 is 0. The smallest absolute Gasteiger partial charge is 0.0541 e. The van der Waals surface area contributed by atoms with E-state index >= 15 is 0 Å². The van der Waals surface area contributed by atoms with Crippen molar-refractivity contribution in [1.82, 2.24) is 0 Å². The molecule has 4 N–H and O–H groups in total.